The van der Waals surface area contributed by atoms with Crippen LogP contribution in [0.4, 0.5) is 10.5 Å². The summed E-state index contributed by atoms with van der Waals surface area (Å²) in [5.41, 5.74) is -0.0788. The summed E-state index contributed by atoms with van der Waals surface area (Å²) in [6, 6.07) is 16.5. The fraction of sp³-hybridized carbons (Fsp3) is 0.261. The van der Waals surface area contributed by atoms with Gasteiger partial charge in [0.2, 0.25) is 5.91 Å². The van der Waals surface area contributed by atoms with Gasteiger partial charge in [-0.2, -0.15) is 0 Å². The number of fused-ring (bicyclic) bond motifs is 2. The number of carbonyl (C=O) groups is 3. The highest BCUT2D eigenvalue weighted by atomic mass is 79.9. The first kappa shape index (κ1) is 20.3. The number of halogens is 1. The van der Waals surface area contributed by atoms with Crippen LogP contribution in [-0.2, 0) is 19.9 Å². The maximum Gasteiger partial charge on any atom is 0.421 e. The first-order chi connectivity index (χ1) is 14.1. The van der Waals surface area contributed by atoms with Crippen LogP contribution in [0.5, 0.6) is 0 Å². The van der Waals surface area contributed by atoms with Crippen molar-refractivity contribution in [3.05, 3.63) is 71.9 Å². The van der Waals surface area contributed by atoms with Gasteiger partial charge in [-0.1, -0.05) is 48.5 Å². The number of amides is 3. The van der Waals surface area contributed by atoms with Gasteiger partial charge in [-0.15, -0.1) is 0 Å². The molecule has 1 spiro atoms. The molecule has 0 aromatic heterocycles. The van der Waals surface area contributed by atoms with E-state index in [0.29, 0.717) is 15.7 Å². The van der Waals surface area contributed by atoms with E-state index in [2.05, 4.69) is 15.9 Å². The lowest BCUT2D eigenvalue weighted by Gasteiger charge is -2.46. The van der Waals surface area contributed by atoms with E-state index >= 15 is 0 Å². The number of para-hydroxylation sites is 1. The van der Waals surface area contributed by atoms with Gasteiger partial charge in [0.05, 0.1) is 12.1 Å². The summed E-state index contributed by atoms with van der Waals surface area (Å²) in [7, 11) is 0. The van der Waals surface area contributed by atoms with Gasteiger partial charge in [0.1, 0.15) is 5.60 Å². The van der Waals surface area contributed by atoms with E-state index < -0.39 is 23.1 Å². The number of hydrogen-bond acceptors (Lipinski definition) is 4. The Balaban J connectivity index is 1.77. The Labute approximate surface area is 183 Å². The third kappa shape index (κ3) is 3.13. The van der Waals surface area contributed by atoms with Crippen molar-refractivity contribution < 1.29 is 19.1 Å². The Kier molecular flexibility index (Phi) is 4.81. The van der Waals surface area contributed by atoms with E-state index in [1.54, 1.807) is 51.2 Å². The number of ether oxygens (including phenoxy) is 1. The van der Waals surface area contributed by atoms with Crippen LogP contribution >= 0.6 is 15.9 Å². The van der Waals surface area contributed by atoms with Gasteiger partial charge in [-0.05, 0) is 48.3 Å². The average molecular weight is 469 g/mol. The van der Waals surface area contributed by atoms with Gasteiger partial charge in [0.15, 0.2) is 5.54 Å². The predicted octanol–water partition coefficient (Wildman–Crippen LogP) is 4.79. The summed E-state index contributed by atoms with van der Waals surface area (Å²) in [6.07, 6.45) is 0.865. The average Bonchev–Trinajstić information content (AvgIpc) is 2.95. The molecule has 7 heteroatoms. The first-order valence-electron chi connectivity index (χ1n) is 9.57. The molecule has 2 aromatic carbocycles. The number of imide groups is 1. The van der Waals surface area contributed by atoms with E-state index in [0.717, 1.165) is 10.5 Å². The number of anilines is 1. The second-order valence-corrected chi connectivity index (χ2v) is 9.14. The number of benzene rings is 2. The molecule has 30 heavy (non-hydrogen) atoms. The van der Waals surface area contributed by atoms with Crippen molar-refractivity contribution in [1.82, 2.24) is 4.90 Å². The number of carbonyl (C=O) groups excluding carboxylic acids is 3. The van der Waals surface area contributed by atoms with Crippen LogP contribution in [0.2, 0.25) is 0 Å². The van der Waals surface area contributed by atoms with Crippen molar-refractivity contribution in [3.63, 3.8) is 0 Å². The van der Waals surface area contributed by atoms with E-state index in [1.165, 1.54) is 4.90 Å². The fourth-order valence-electron chi connectivity index (χ4n) is 3.80. The molecule has 2 aliphatic rings. The highest BCUT2D eigenvalue weighted by Crippen LogP contribution is 2.53. The highest BCUT2D eigenvalue weighted by Gasteiger charge is 2.65. The van der Waals surface area contributed by atoms with E-state index in [-0.39, 0.29) is 12.3 Å². The van der Waals surface area contributed by atoms with Gasteiger partial charge < -0.3 is 4.74 Å². The van der Waals surface area contributed by atoms with Crippen molar-refractivity contribution >= 4 is 44.0 Å². The minimum atomic E-state index is -1.25. The third-order valence-electron chi connectivity index (χ3n) is 5.10. The molecule has 4 rings (SSSR count). The Morgan fingerprint density at radius 1 is 1.07 bits per heavy atom. The van der Waals surface area contributed by atoms with Gasteiger partial charge >= 0.3 is 6.09 Å². The first-order valence-corrected chi connectivity index (χ1v) is 10.4. The third-order valence-corrected chi connectivity index (χ3v) is 5.77. The van der Waals surface area contributed by atoms with Crippen LogP contribution in [0.15, 0.2) is 60.8 Å². The molecule has 1 atom stereocenters. The van der Waals surface area contributed by atoms with Gasteiger partial charge in [0.25, 0.3) is 5.91 Å². The molecule has 1 saturated heterocycles. The van der Waals surface area contributed by atoms with E-state index in [4.69, 9.17) is 4.74 Å². The van der Waals surface area contributed by atoms with Crippen LogP contribution in [0, 0.1) is 0 Å². The molecule has 0 aliphatic carbocycles. The lowest BCUT2D eigenvalue weighted by molar-refractivity contribution is -0.159. The quantitative estimate of drug-likeness (QED) is 0.594. The lowest BCUT2D eigenvalue weighted by atomic mass is 9.78. The van der Waals surface area contributed by atoms with E-state index in [9.17, 15) is 14.4 Å². The Morgan fingerprint density at radius 3 is 2.33 bits per heavy atom. The lowest BCUT2D eigenvalue weighted by Crippen LogP contribution is -2.64. The predicted molar refractivity (Wildman–Crippen MR) is 117 cm³/mol. The summed E-state index contributed by atoms with van der Waals surface area (Å²) >= 11 is 3.51. The maximum atomic E-state index is 13.6. The molecule has 6 nitrogen and oxygen atoms in total. The van der Waals surface area contributed by atoms with Crippen LogP contribution in [0.1, 0.15) is 38.3 Å². The number of β-lactam (4-membered cyclic amide) rings is 1. The highest BCUT2D eigenvalue weighted by molar-refractivity contribution is 9.15. The molecule has 1 fully saturated rings. The minimum absolute atomic E-state index is 0.00624. The van der Waals surface area contributed by atoms with Crippen LogP contribution < -0.4 is 4.90 Å². The molecule has 2 heterocycles. The second-order valence-electron chi connectivity index (χ2n) is 8.28. The number of nitrogens with zero attached hydrogens (tertiary/aromatic N) is 2. The molecule has 3 amide bonds. The number of rotatable bonds is 2. The minimum Gasteiger partial charge on any atom is -0.443 e. The number of hydrogen-bond donors (Lipinski definition) is 0. The van der Waals surface area contributed by atoms with Gasteiger partial charge in [0, 0.05) is 16.2 Å². The standard InChI is InChI=1S/C23H21BrN2O4/c1-22(2,3)30-21(29)26-18-12-8-7-11-16(18)23(20(26)28)13-19(27)25(23)14-17(24)15-9-5-4-6-10-15/h4-12,14H,13H2,1-3H3/b17-14+. The largest absolute Gasteiger partial charge is 0.443 e. The van der Waals surface area contributed by atoms with Gasteiger partial charge in [-0.25, -0.2) is 9.69 Å². The zero-order valence-electron chi connectivity index (χ0n) is 16.9. The molecule has 0 saturated carbocycles. The monoisotopic (exact) mass is 468 g/mol. The summed E-state index contributed by atoms with van der Waals surface area (Å²) in [5, 5.41) is 0. The molecule has 0 N–H and O–H groups in total. The Hall–Kier alpha value is -2.93. The molecule has 2 aromatic rings. The van der Waals surface area contributed by atoms with Crippen LogP contribution in [0.3, 0.4) is 0 Å². The zero-order chi connectivity index (χ0) is 21.7. The van der Waals surface area contributed by atoms with Crippen molar-refractivity contribution in [2.24, 2.45) is 0 Å². The SMILES string of the molecule is CC(C)(C)OC(=O)N1C(=O)C2(CC(=O)N2/C=C(/Br)c2ccccc2)c2ccccc21. The summed E-state index contributed by atoms with van der Waals surface area (Å²) in [4.78, 5) is 41.5. The van der Waals surface area contributed by atoms with Crippen LogP contribution in [-0.4, -0.2) is 28.4 Å². The summed E-state index contributed by atoms with van der Waals surface area (Å²) < 4.78 is 6.12. The fourth-order valence-corrected chi connectivity index (χ4v) is 4.27. The van der Waals surface area contributed by atoms with Crippen molar-refractivity contribution in [3.8, 4) is 0 Å². The Bertz CT molecular complexity index is 1070. The second kappa shape index (κ2) is 7.09. The zero-order valence-corrected chi connectivity index (χ0v) is 18.5. The number of likely N-dealkylation sites (tertiary alicyclic amines) is 1. The molecule has 1 unspecified atom stereocenters. The molecular weight excluding hydrogens is 448 g/mol. The molecule has 154 valence electrons. The van der Waals surface area contributed by atoms with Crippen molar-refractivity contribution in [1.29, 1.82) is 0 Å². The molecule has 0 radical (unpaired) electrons. The van der Waals surface area contributed by atoms with Crippen molar-refractivity contribution in [2.75, 3.05) is 4.90 Å². The van der Waals surface area contributed by atoms with Crippen molar-refractivity contribution in [2.45, 2.75) is 38.3 Å². The summed E-state index contributed by atoms with van der Waals surface area (Å²) in [6.45, 7) is 5.23. The summed E-state index contributed by atoms with van der Waals surface area (Å²) in [5.74, 6) is -0.681. The topological polar surface area (TPSA) is 66.9 Å². The van der Waals surface area contributed by atoms with E-state index in [1.807, 2.05) is 30.3 Å². The molecule has 2 aliphatic heterocycles. The Morgan fingerprint density at radius 2 is 1.70 bits per heavy atom. The smallest absolute Gasteiger partial charge is 0.421 e. The van der Waals surface area contributed by atoms with Gasteiger partial charge in [-0.3, -0.25) is 14.5 Å². The maximum absolute atomic E-state index is 13.6. The molecule has 0 bridgehead atoms. The molecular formula is C23H21BrN2O4. The van der Waals surface area contributed by atoms with Crippen LogP contribution in [0.25, 0.3) is 4.48 Å². The normalized spacial score (nSPS) is 21.0.